The summed E-state index contributed by atoms with van der Waals surface area (Å²) < 4.78 is 0. The van der Waals surface area contributed by atoms with Crippen molar-refractivity contribution in [3.63, 3.8) is 0 Å². The van der Waals surface area contributed by atoms with Crippen molar-refractivity contribution in [2.45, 2.75) is 39.7 Å². The first kappa shape index (κ1) is 16.9. The van der Waals surface area contributed by atoms with Crippen LogP contribution >= 0.6 is 12.4 Å². The molecule has 1 amide bonds. The third-order valence-electron chi connectivity index (χ3n) is 2.71. The summed E-state index contributed by atoms with van der Waals surface area (Å²) in [6.45, 7) is 5.90. The largest absolute Gasteiger partial charge is 0.326 e. The third-order valence-corrected chi connectivity index (χ3v) is 2.71. The molecular formula is C14H23ClN2O. The molecule has 18 heavy (non-hydrogen) atoms. The Labute approximate surface area is 116 Å². The Kier molecular flexibility index (Phi) is 7.64. The Morgan fingerprint density at radius 2 is 1.78 bits per heavy atom. The molecule has 0 spiro atoms. The minimum absolute atomic E-state index is 0. The van der Waals surface area contributed by atoms with Crippen molar-refractivity contribution in [2.75, 3.05) is 5.32 Å². The van der Waals surface area contributed by atoms with Crippen molar-refractivity contribution in [1.82, 2.24) is 0 Å². The molecule has 1 rings (SSSR count). The Bertz CT molecular complexity index is 363. The Hall–Kier alpha value is -1.06. The zero-order valence-electron chi connectivity index (χ0n) is 11.3. The van der Waals surface area contributed by atoms with Crippen LogP contribution in [0.15, 0.2) is 24.3 Å². The fourth-order valence-corrected chi connectivity index (χ4v) is 1.70. The van der Waals surface area contributed by atoms with Gasteiger partial charge in [0.25, 0.3) is 0 Å². The summed E-state index contributed by atoms with van der Waals surface area (Å²) in [5.74, 6) is 0.626. The van der Waals surface area contributed by atoms with Gasteiger partial charge in [0.2, 0.25) is 5.91 Å². The fourth-order valence-electron chi connectivity index (χ4n) is 1.70. The van der Waals surface area contributed by atoms with Gasteiger partial charge in [0, 0.05) is 18.7 Å². The van der Waals surface area contributed by atoms with E-state index in [2.05, 4.69) is 19.2 Å². The number of halogens is 1. The highest BCUT2D eigenvalue weighted by molar-refractivity contribution is 5.88. The molecule has 0 radical (unpaired) electrons. The molecule has 0 aromatic heterocycles. The van der Waals surface area contributed by atoms with Crippen molar-refractivity contribution < 1.29 is 4.79 Å². The molecule has 0 heterocycles. The molecular weight excluding hydrogens is 248 g/mol. The highest BCUT2D eigenvalue weighted by Gasteiger charge is 2.07. The second-order valence-corrected chi connectivity index (χ2v) is 4.88. The minimum Gasteiger partial charge on any atom is -0.326 e. The summed E-state index contributed by atoms with van der Waals surface area (Å²) in [6, 6.07) is 7.84. The molecule has 3 N–H and O–H groups in total. The number of anilines is 1. The van der Waals surface area contributed by atoms with Crippen LogP contribution in [0.5, 0.6) is 0 Å². The summed E-state index contributed by atoms with van der Waals surface area (Å²) in [4.78, 5) is 10.9. The Morgan fingerprint density at radius 3 is 2.22 bits per heavy atom. The predicted octanol–water partition coefficient (Wildman–Crippen LogP) is 3.50. The van der Waals surface area contributed by atoms with Crippen molar-refractivity contribution in [3.8, 4) is 0 Å². The maximum Gasteiger partial charge on any atom is 0.221 e. The third kappa shape index (κ3) is 6.03. The van der Waals surface area contributed by atoms with Crippen molar-refractivity contribution >= 4 is 24.0 Å². The molecule has 1 aromatic rings. The minimum atomic E-state index is -0.0538. The SMILES string of the molecule is CC(=O)Nc1ccc([C@H](N)CCC(C)C)cc1.Cl. The lowest BCUT2D eigenvalue weighted by atomic mass is 9.98. The number of amides is 1. The lowest BCUT2D eigenvalue weighted by Crippen LogP contribution is -2.11. The van der Waals surface area contributed by atoms with Gasteiger partial charge in [-0.2, -0.15) is 0 Å². The number of carbonyl (C=O) groups is 1. The van der Waals surface area contributed by atoms with E-state index in [9.17, 15) is 4.79 Å². The maximum absolute atomic E-state index is 10.9. The Balaban J connectivity index is 0.00000289. The van der Waals surface area contributed by atoms with Gasteiger partial charge in [-0.15, -0.1) is 12.4 Å². The number of benzene rings is 1. The van der Waals surface area contributed by atoms with Crippen LogP contribution in [0.3, 0.4) is 0 Å². The molecule has 0 fully saturated rings. The molecule has 0 aliphatic heterocycles. The van der Waals surface area contributed by atoms with Gasteiger partial charge < -0.3 is 11.1 Å². The molecule has 0 unspecified atom stereocenters. The standard InChI is InChI=1S/C14H22N2O.ClH/c1-10(2)4-9-14(15)12-5-7-13(8-6-12)16-11(3)17;/h5-8,10,14H,4,9,15H2,1-3H3,(H,16,17);1H/t14-;/m1./s1. The highest BCUT2D eigenvalue weighted by Crippen LogP contribution is 2.20. The van der Waals surface area contributed by atoms with Crippen molar-refractivity contribution in [3.05, 3.63) is 29.8 Å². The predicted molar refractivity (Wildman–Crippen MR) is 79.0 cm³/mol. The lowest BCUT2D eigenvalue weighted by Gasteiger charge is -2.14. The quantitative estimate of drug-likeness (QED) is 0.860. The average Bonchev–Trinajstić information content (AvgIpc) is 2.26. The van der Waals surface area contributed by atoms with Gasteiger partial charge >= 0.3 is 0 Å². The maximum atomic E-state index is 10.9. The first-order valence-corrected chi connectivity index (χ1v) is 6.12. The van der Waals surface area contributed by atoms with E-state index >= 15 is 0 Å². The number of rotatable bonds is 5. The highest BCUT2D eigenvalue weighted by atomic mass is 35.5. The summed E-state index contributed by atoms with van der Waals surface area (Å²) in [6.07, 6.45) is 2.13. The summed E-state index contributed by atoms with van der Waals surface area (Å²) in [5.41, 5.74) is 8.05. The molecule has 0 aliphatic rings. The molecule has 1 aromatic carbocycles. The fraction of sp³-hybridized carbons (Fsp3) is 0.500. The van der Waals surface area contributed by atoms with Gasteiger partial charge in [0.05, 0.1) is 0 Å². The second-order valence-electron chi connectivity index (χ2n) is 4.88. The van der Waals surface area contributed by atoms with Gasteiger partial charge in [0.15, 0.2) is 0 Å². The second kappa shape index (κ2) is 8.11. The number of hydrogen-bond acceptors (Lipinski definition) is 2. The number of nitrogens with two attached hydrogens (primary N) is 1. The van der Waals surface area contributed by atoms with Gasteiger partial charge in [-0.3, -0.25) is 4.79 Å². The normalized spacial score (nSPS) is 11.8. The monoisotopic (exact) mass is 270 g/mol. The molecule has 0 aliphatic carbocycles. The zero-order valence-corrected chi connectivity index (χ0v) is 12.1. The van der Waals surface area contributed by atoms with Crippen molar-refractivity contribution in [1.29, 1.82) is 0 Å². The van der Waals surface area contributed by atoms with Gasteiger partial charge in [-0.25, -0.2) is 0 Å². The van der Waals surface area contributed by atoms with Crippen LogP contribution in [0.1, 0.15) is 45.2 Å². The van der Waals surface area contributed by atoms with E-state index in [4.69, 9.17) is 5.73 Å². The van der Waals surface area contributed by atoms with E-state index in [0.29, 0.717) is 5.92 Å². The summed E-state index contributed by atoms with van der Waals surface area (Å²) >= 11 is 0. The average molecular weight is 271 g/mol. The smallest absolute Gasteiger partial charge is 0.221 e. The van der Waals surface area contributed by atoms with Crippen LogP contribution in [0.4, 0.5) is 5.69 Å². The molecule has 1 atom stereocenters. The van der Waals surface area contributed by atoms with Gasteiger partial charge in [-0.1, -0.05) is 26.0 Å². The molecule has 0 bridgehead atoms. The number of carbonyl (C=O) groups excluding carboxylic acids is 1. The zero-order chi connectivity index (χ0) is 12.8. The van der Waals surface area contributed by atoms with Crippen LogP contribution in [0.2, 0.25) is 0 Å². The molecule has 0 saturated heterocycles. The lowest BCUT2D eigenvalue weighted by molar-refractivity contribution is -0.114. The first-order chi connectivity index (χ1) is 7.99. The van der Waals surface area contributed by atoms with E-state index in [0.717, 1.165) is 24.1 Å². The van der Waals surface area contributed by atoms with Crippen LogP contribution in [0.25, 0.3) is 0 Å². The van der Waals surface area contributed by atoms with E-state index in [-0.39, 0.29) is 24.4 Å². The van der Waals surface area contributed by atoms with E-state index in [1.165, 1.54) is 6.92 Å². The van der Waals surface area contributed by atoms with Gasteiger partial charge in [0.1, 0.15) is 0 Å². The molecule has 4 heteroatoms. The summed E-state index contributed by atoms with van der Waals surface area (Å²) in [7, 11) is 0. The summed E-state index contributed by atoms with van der Waals surface area (Å²) in [5, 5.41) is 2.74. The van der Waals surface area contributed by atoms with E-state index in [1.54, 1.807) is 0 Å². The van der Waals surface area contributed by atoms with Crippen LogP contribution in [0, 0.1) is 5.92 Å². The molecule has 3 nitrogen and oxygen atoms in total. The first-order valence-electron chi connectivity index (χ1n) is 6.12. The van der Waals surface area contributed by atoms with Crippen molar-refractivity contribution in [2.24, 2.45) is 11.7 Å². The van der Waals surface area contributed by atoms with E-state index < -0.39 is 0 Å². The van der Waals surface area contributed by atoms with Crippen LogP contribution in [-0.2, 0) is 4.79 Å². The molecule has 102 valence electrons. The van der Waals surface area contributed by atoms with Crippen LogP contribution < -0.4 is 11.1 Å². The number of nitrogens with one attached hydrogen (secondary N) is 1. The number of hydrogen-bond donors (Lipinski definition) is 2. The molecule has 0 saturated carbocycles. The van der Waals surface area contributed by atoms with Gasteiger partial charge in [-0.05, 0) is 36.5 Å². The van der Waals surface area contributed by atoms with Crippen LogP contribution in [-0.4, -0.2) is 5.91 Å². The Morgan fingerprint density at radius 1 is 1.22 bits per heavy atom. The topological polar surface area (TPSA) is 55.1 Å². The van der Waals surface area contributed by atoms with E-state index in [1.807, 2.05) is 24.3 Å².